The molecular weight excluding hydrogens is 268 g/mol. The van der Waals surface area contributed by atoms with Crippen LogP contribution in [0.15, 0.2) is 24.3 Å². The largest absolute Gasteiger partial charge is 0.480 e. The fourth-order valence-electron chi connectivity index (χ4n) is 1.54. The van der Waals surface area contributed by atoms with Crippen molar-refractivity contribution in [3.63, 3.8) is 0 Å². The summed E-state index contributed by atoms with van der Waals surface area (Å²) in [5.41, 5.74) is 0.466. The minimum Gasteiger partial charge on any atom is -0.480 e. The van der Waals surface area contributed by atoms with Crippen molar-refractivity contribution in [2.45, 2.75) is 26.3 Å². The van der Waals surface area contributed by atoms with Gasteiger partial charge in [-0.05, 0) is 25.5 Å². The number of urea groups is 1. The second-order valence-corrected chi connectivity index (χ2v) is 4.60. The molecule has 2 N–H and O–H groups in total. The van der Waals surface area contributed by atoms with Crippen molar-refractivity contribution in [1.29, 1.82) is 0 Å². The molecule has 1 atom stereocenters. The van der Waals surface area contributed by atoms with Gasteiger partial charge in [0.15, 0.2) is 0 Å². The highest BCUT2D eigenvalue weighted by Gasteiger charge is 2.22. The average Bonchev–Trinajstić information content (AvgIpc) is 2.37. The molecule has 0 heterocycles. The Morgan fingerprint density at radius 2 is 2.05 bits per heavy atom. The number of benzene rings is 1. The van der Waals surface area contributed by atoms with Gasteiger partial charge in [0.1, 0.15) is 6.54 Å². The maximum atomic E-state index is 12.1. The zero-order valence-corrected chi connectivity index (χ0v) is 11.6. The predicted molar refractivity (Wildman–Crippen MR) is 74.6 cm³/mol. The molecule has 0 saturated carbocycles. The number of carbonyl (C=O) groups is 2. The summed E-state index contributed by atoms with van der Waals surface area (Å²) in [5, 5.41) is 11.9. The first kappa shape index (κ1) is 15.3. The third kappa shape index (κ3) is 4.44. The normalized spacial score (nSPS) is 11.7. The molecule has 1 aromatic rings. The van der Waals surface area contributed by atoms with Gasteiger partial charge >= 0.3 is 12.0 Å². The van der Waals surface area contributed by atoms with Crippen LogP contribution >= 0.6 is 11.6 Å². The standard InChI is InChI=1S/C13H17ClN2O3/c1-3-9(2)16(8-12(17)18)13(19)15-11-7-5-4-6-10(11)14/h4-7,9H,3,8H2,1-2H3,(H,15,19)(H,17,18). The molecule has 0 fully saturated rings. The Morgan fingerprint density at radius 3 is 2.58 bits per heavy atom. The Kier molecular flexibility index (Phi) is 5.63. The minimum atomic E-state index is -1.05. The van der Waals surface area contributed by atoms with E-state index < -0.39 is 12.0 Å². The molecule has 1 aromatic carbocycles. The highest BCUT2D eigenvalue weighted by Crippen LogP contribution is 2.21. The van der Waals surface area contributed by atoms with Crippen LogP contribution in [0, 0.1) is 0 Å². The highest BCUT2D eigenvalue weighted by atomic mass is 35.5. The van der Waals surface area contributed by atoms with Gasteiger partial charge in [0, 0.05) is 6.04 Å². The van der Waals surface area contributed by atoms with Gasteiger partial charge in [-0.25, -0.2) is 4.79 Å². The van der Waals surface area contributed by atoms with Crippen molar-refractivity contribution in [1.82, 2.24) is 4.90 Å². The number of halogens is 1. The number of anilines is 1. The molecule has 19 heavy (non-hydrogen) atoms. The van der Waals surface area contributed by atoms with Crippen LogP contribution < -0.4 is 5.32 Å². The fraction of sp³-hybridized carbons (Fsp3) is 0.385. The fourth-order valence-corrected chi connectivity index (χ4v) is 1.73. The number of nitrogens with one attached hydrogen (secondary N) is 1. The molecule has 0 radical (unpaired) electrons. The van der Waals surface area contributed by atoms with E-state index in [-0.39, 0.29) is 12.6 Å². The van der Waals surface area contributed by atoms with E-state index in [2.05, 4.69) is 5.32 Å². The van der Waals surface area contributed by atoms with Crippen molar-refractivity contribution in [3.8, 4) is 0 Å². The lowest BCUT2D eigenvalue weighted by Crippen LogP contribution is -2.44. The molecule has 0 spiro atoms. The van der Waals surface area contributed by atoms with Gasteiger partial charge in [0.05, 0.1) is 10.7 Å². The number of hydrogen-bond acceptors (Lipinski definition) is 2. The summed E-state index contributed by atoms with van der Waals surface area (Å²) < 4.78 is 0. The summed E-state index contributed by atoms with van der Waals surface area (Å²) in [7, 11) is 0. The Hall–Kier alpha value is -1.75. The third-order valence-electron chi connectivity index (χ3n) is 2.80. The Bertz CT molecular complexity index is 465. The van der Waals surface area contributed by atoms with E-state index in [0.717, 1.165) is 0 Å². The molecule has 0 bridgehead atoms. The van der Waals surface area contributed by atoms with E-state index in [0.29, 0.717) is 17.1 Å². The van der Waals surface area contributed by atoms with Crippen molar-refractivity contribution < 1.29 is 14.7 Å². The molecule has 5 nitrogen and oxygen atoms in total. The maximum Gasteiger partial charge on any atom is 0.323 e. The lowest BCUT2D eigenvalue weighted by Gasteiger charge is -2.27. The van der Waals surface area contributed by atoms with E-state index in [1.165, 1.54) is 4.90 Å². The van der Waals surface area contributed by atoms with Crippen LogP contribution in [0.5, 0.6) is 0 Å². The van der Waals surface area contributed by atoms with Crippen molar-refractivity contribution in [2.75, 3.05) is 11.9 Å². The number of rotatable bonds is 5. The number of amides is 2. The van der Waals surface area contributed by atoms with Crippen molar-refractivity contribution >= 4 is 29.3 Å². The van der Waals surface area contributed by atoms with Gasteiger partial charge in [0.25, 0.3) is 0 Å². The van der Waals surface area contributed by atoms with Crippen LogP contribution in [0.3, 0.4) is 0 Å². The first-order chi connectivity index (χ1) is 8.95. The minimum absolute atomic E-state index is 0.168. The summed E-state index contributed by atoms with van der Waals surface area (Å²) in [6.45, 7) is 3.35. The smallest absolute Gasteiger partial charge is 0.323 e. The molecule has 0 saturated heterocycles. The van der Waals surface area contributed by atoms with E-state index in [9.17, 15) is 9.59 Å². The van der Waals surface area contributed by atoms with Crippen molar-refractivity contribution in [2.24, 2.45) is 0 Å². The van der Waals surface area contributed by atoms with Gasteiger partial charge in [-0.1, -0.05) is 30.7 Å². The number of hydrogen-bond donors (Lipinski definition) is 2. The van der Waals surface area contributed by atoms with Gasteiger partial charge in [-0.2, -0.15) is 0 Å². The molecular formula is C13H17ClN2O3. The number of aliphatic carboxylic acids is 1. The Labute approximate surface area is 117 Å². The topological polar surface area (TPSA) is 69.6 Å². The van der Waals surface area contributed by atoms with E-state index >= 15 is 0 Å². The van der Waals surface area contributed by atoms with Gasteiger partial charge in [-0.3, -0.25) is 4.79 Å². The number of nitrogens with zero attached hydrogens (tertiary/aromatic N) is 1. The Morgan fingerprint density at radius 1 is 1.42 bits per heavy atom. The molecule has 1 unspecified atom stereocenters. The molecule has 2 amide bonds. The van der Waals surface area contributed by atoms with Crippen LogP contribution in [0.4, 0.5) is 10.5 Å². The molecule has 1 rings (SSSR count). The molecule has 104 valence electrons. The van der Waals surface area contributed by atoms with E-state index in [1.807, 2.05) is 6.92 Å². The SMILES string of the molecule is CCC(C)N(CC(=O)O)C(=O)Nc1ccccc1Cl. The molecule has 0 aromatic heterocycles. The van der Waals surface area contributed by atoms with E-state index in [4.69, 9.17) is 16.7 Å². The second kappa shape index (κ2) is 6.99. The van der Waals surface area contributed by atoms with Crippen molar-refractivity contribution in [3.05, 3.63) is 29.3 Å². The lowest BCUT2D eigenvalue weighted by molar-refractivity contribution is -0.138. The monoisotopic (exact) mass is 284 g/mol. The third-order valence-corrected chi connectivity index (χ3v) is 3.13. The highest BCUT2D eigenvalue weighted by molar-refractivity contribution is 6.33. The zero-order valence-electron chi connectivity index (χ0n) is 10.9. The summed E-state index contributed by atoms with van der Waals surface area (Å²) in [6, 6.07) is 6.18. The summed E-state index contributed by atoms with van der Waals surface area (Å²) in [6.07, 6.45) is 0.670. The van der Waals surface area contributed by atoms with Crippen LogP contribution in [-0.2, 0) is 4.79 Å². The van der Waals surface area contributed by atoms with Gasteiger partial charge < -0.3 is 15.3 Å². The van der Waals surface area contributed by atoms with Gasteiger partial charge in [-0.15, -0.1) is 0 Å². The number of carboxylic acid groups (broad SMARTS) is 1. The maximum absolute atomic E-state index is 12.1. The molecule has 0 aliphatic heterocycles. The molecule has 6 heteroatoms. The predicted octanol–water partition coefficient (Wildman–Crippen LogP) is 3.06. The zero-order chi connectivity index (χ0) is 14.4. The number of para-hydroxylation sites is 1. The summed E-state index contributed by atoms with van der Waals surface area (Å²) in [5.74, 6) is -1.05. The molecule has 0 aliphatic carbocycles. The first-order valence-electron chi connectivity index (χ1n) is 5.99. The van der Waals surface area contributed by atoms with Crippen LogP contribution in [0.2, 0.25) is 5.02 Å². The number of carbonyl (C=O) groups excluding carboxylic acids is 1. The van der Waals surface area contributed by atoms with Crippen LogP contribution in [0.1, 0.15) is 20.3 Å². The summed E-state index contributed by atoms with van der Waals surface area (Å²) >= 11 is 5.94. The quantitative estimate of drug-likeness (QED) is 0.873. The summed E-state index contributed by atoms with van der Waals surface area (Å²) in [4.78, 5) is 24.2. The van der Waals surface area contributed by atoms with E-state index in [1.54, 1.807) is 31.2 Å². The Balaban J connectivity index is 2.82. The number of carboxylic acids is 1. The second-order valence-electron chi connectivity index (χ2n) is 4.19. The van der Waals surface area contributed by atoms with Gasteiger partial charge in [0.2, 0.25) is 0 Å². The first-order valence-corrected chi connectivity index (χ1v) is 6.37. The molecule has 0 aliphatic rings. The average molecular weight is 285 g/mol. The van der Waals surface area contributed by atoms with Crippen LogP contribution in [0.25, 0.3) is 0 Å². The lowest BCUT2D eigenvalue weighted by atomic mass is 10.2. The van der Waals surface area contributed by atoms with Crippen LogP contribution in [-0.4, -0.2) is 34.6 Å².